The van der Waals surface area contributed by atoms with E-state index in [1.807, 2.05) is 12.3 Å². The Morgan fingerprint density at radius 1 is 1.27 bits per heavy atom. The molecule has 0 amide bonds. The van der Waals surface area contributed by atoms with Gasteiger partial charge in [0, 0.05) is 59.2 Å². The molecule has 22 heavy (non-hydrogen) atoms. The molecule has 3 aromatic rings. The number of hydrogen-bond donors (Lipinski definition) is 1. The fourth-order valence-electron chi connectivity index (χ4n) is 3.27. The maximum atomic E-state index is 13.4. The van der Waals surface area contributed by atoms with Gasteiger partial charge in [-0.25, -0.2) is 4.39 Å². The Morgan fingerprint density at radius 2 is 2.18 bits per heavy atom. The number of hydrogen-bond acceptors (Lipinski definition) is 2. The van der Waals surface area contributed by atoms with E-state index in [4.69, 9.17) is 0 Å². The number of pyridine rings is 1. The smallest absolute Gasteiger partial charge is 0.125 e. The Morgan fingerprint density at radius 3 is 3.05 bits per heavy atom. The van der Waals surface area contributed by atoms with Gasteiger partial charge in [-0.05, 0) is 36.8 Å². The van der Waals surface area contributed by atoms with Crippen LogP contribution in [-0.4, -0.2) is 16.5 Å². The molecule has 0 spiro atoms. The second kappa shape index (κ2) is 5.13. The minimum atomic E-state index is -0.190. The topological polar surface area (TPSA) is 31.9 Å². The average molecular weight is 295 g/mol. The molecule has 3 nitrogen and oxygen atoms in total. The number of nitrogens with one attached hydrogen (secondary N) is 1. The molecule has 0 saturated heterocycles. The summed E-state index contributed by atoms with van der Waals surface area (Å²) < 4.78 is 13.4. The second-order valence-electron chi connectivity index (χ2n) is 5.80. The minimum Gasteiger partial charge on any atom is -0.367 e. The number of aromatic nitrogens is 2. The monoisotopic (exact) mass is 295 g/mol. The van der Waals surface area contributed by atoms with Gasteiger partial charge in [0.25, 0.3) is 0 Å². The van der Waals surface area contributed by atoms with Gasteiger partial charge in [-0.1, -0.05) is 6.92 Å². The molecule has 1 aliphatic heterocycles. The van der Waals surface area contributed by atoms with Crippen LogP contribution in [0.2, 0.25) is 0 Å². The molecule has 1 aliphatic rings. The van der Waals surface area contributed by atoms with Crippen molar-refractivity contribution in [3.05, 3.63) is 59.3 Å². The molecule has 0 saturated carbocycles. The number of aromatic amines is 1. The lowest BCUT2D eigenvalue weighted by molar-refractivity contribution is 0.629. The Hall–Kier alpha value is -2.36. The van der Waals surface area contributed by atoms with Crippen molar-refractivity contribution in [3.63, 3.8) is 0 Å². The molecule has 4 heteroatoms. The van der Waals surface area contributed by atoms with Crippen molar-refractivity contribution in [1.29, 1.82) is 0 Å². The summed E-state index contributed by atoms with van der Waals surface area (Å²) in [7, 11) is 0. The first-order valence-corrected chi connectivity index (χ1v) is 7.73. The van der Waals surface area contributed by atoms with Gasteiger partial charge in [0.1, 0.15) is 5.82 Å². The van der Waals surface area contributed by atoms with E-state index in [1.165, 1.54) is 23.0 Å². The Labute approximate surface area is 128 Å². The summed E-state index contributed by atoms with van der Waals surface area (Å²) in [5.41, 5.74) is 5.76. The highest BCUT2D eigenvalue weighted by atomic mass is 19.1. The highest BCUT2D eigenvalue weighted by molar-refractivity contribution is 5.85. The number of nitrogens with zero attached hydrogens (tertiary/aromatic N) is 2. The van der Waals surface area contributed by atoms with Crippen LogP contribution in [0.1, 0.15) is 23.9 Å². The van der Waals surface area contributed by atoms with E-state index in [0.717, 1.165) is 42.5 Å². The van der Waals surface area contributed by atoms with Crippen molar-refractivity contribution in [2.75, 3.05) is 11.4 Å². The van der Waals surface area contributed by atoms with Crippen LogP contribution < -0.4 is 4.90 Å². The van der Waals surface area contributed by atoms with Crippen LogP contribution in [0.4, 0.5) is 10.1 Å². The second-order valence-corrected chi connectivity index (χ2v) is 5.80. The highest BCUT2D eigenvalue weighted by Crippen LogP contribution is 2.30. The standard InChI is InChI=1S/C18H18FN3/c1-2-13-10-14(5-7-20-13)22-8-6-17-16(11-22)15-4-3-12(19)9-18(15)21-17/h3-5,7,9-10,21H,2,6,8,11H2,1H3. The van der Waals surface area contributed by atoms with Gasteiger partial charge in [0.15, 0.2) is 0 Å². The Balaban J connectivity index is 1.72. The zero-order chi connectivity index (χ0) is 15.1. The molecule has 0 fully saturated rings. The van der Waals surface area contributed by atoms with E-state index in [0.29, 0.717) is 0 Å². The van der Waals surface area contributed by atoms with Crippen molar-refractivity contribution < 1.29 is 4.39 Å². The van der Waals surface area contributed by atoms with Gasteiger partial charge in [-0.3, -0.25) is 4.98 Å². The van der Waals surface area contributed by atoms with Gasteiger partial charge in [0.2, 0.25) is 0 Å². The maximum Gasteiger partial charge on any atom is 0.125 e. The van der Waals surface area contributed by atoms with Gasteiger partial charge in [-0.15, -0.1) is 0 Å². The summed E-state index contributed by atoms with van der Waals surface area (Å²) in [4.78, 5) is 10.1. The molecule has 0 unspecified atom stereocenters. The largest absolute Gasteiger partial charge is 0.367 e. The normalized spacial score (nSPS) is 14.4. The summed E-state index contributed by atoms with van der Waals surface area (Å²) in [6.45, 7) is 3.94. The highest BCUT2D eigenvalue weighted by Gasteiger charge is 2.21. The van der Waals surface area contributed by atoms with Gasteiger partial charge < -0.3 is 9.88 Å². The van der Waals surface area contributed by atoms with Crippen molar-refractivity contribution >= 4 is 16.6 Å². The van der Waals surface area contributed by atoms with E-state index >= 15 is 0 Å². The third-order valence-corrected chi connectivity index (χ3v) is 4.46. The number of rotatable bonds is 2. The molecule has 3 heterocycles. The fourth-order valence-corrected chi connectivity index (χ4v) is 3.27. The molecule has 2 aromatic heterocycles. The number of H-pyrrole nitrogens is 1. The molecule has 0 bridgehead atoms. The summed E-state index contributed by atoms with van der Waals surface area (Å²) in [5.74, 6) is -0.190. The number of halogens is 1. The first kappa shape index (κ1) is 13.3. The zero-order valence-electron chi connectivity index (χ0n) is 12.6. The zero-order valence-corrected chi connectivity index (χ0v) is 12.6. The molecule has 1 aromatic carbocycles. The third kappa shape index (κ3) is 2.15. The molecule has 0 radical (unpaired) electrons. The first-order chi connectivity index (χ1) is 10.7. The predicted molar refractivity (Wildman–Crippen MR) is 86.6 cm³/mol. The molecule has 1 N–H and O–H groups in total. The molecule has 112 valence electrons. The Kier molecular flexibility index (Phi) is 3.10. The van der Waals surface area contributed by atoms with Crippen LogP contribution in [0.3, 0.4) is 0 Å². The summed E-state index contributed by atoms with van der Waals surface area (Å²) in [5, 5.41) is 1.13. The quantitative estimate of drug-likeness (QED) is 0.779. The number of fused-ring (bicyclic) bond motifs is 3. The lowest BCUT2D eigenvalue weighted by Crippen LogP contribution is -2.30. The van der Waals surface area contributed by atoms with E-state index in [1.54, 1.807) is 6.07 Å². The van der Waals surface area contributed by atoms with Crippen LogP contribution in [0.25, 0.3) is 10.9 Å². The van der Waals surface area contributed by atoms with Crippen LogP contribution >= 0.6 is 0 Å². The number of anilines is 1. The minimum absolute atomic E-state index is 0.190. The number of aryl methyl sites for hydroxylation is 1. The summed E-state index contributed by atoms with van der Waals surface area (Å²) in [6.07, 6.45) is 3.78. The lowest BCUT2D eigenvalue weighted by Gasteiger charge is -2.29. The van der Waals surface area contributed by atoms with Crippen LogP contribution in [0.15, 0.2) is 36.5 Å². The SMILES string of the molecule is CCc1cc(N2CCc3[nH]c4cc(F)ccc4c3C2)ccn1. The first-order valence-electron chi connectivity index (χ1n) is 7.73. The molecule has 0 atom stereocenters. The third-order valence-electron chi connectivity index (χ3n) is 4.46. The molecule has 4 rings (SSSR count). The average Bonchev–Trinajstić information content (AvgIpc) is 2.91. The van der Waals surface area contributed by atoms with Crippen molar-refractivity contribution in [2.45, 2.75) is 26.3 Å². The van der Waals surface area contributed by atoms with E-state index < -0.39 is 0 Å². The van der Waals surface area contributed by atoms with Crippen molar-refractivity contribution in [1.82, 2.24) is 9.97 Å². The molecule has 0 aliphatic carbocycles. The lowest BCUT2D eigenvalue weighted by atomic mass is 10.0. The summed E-state index contributed by atoms with van der Waals surface area (Å²) in [6, 6.07) is 9.24. The number of benzene rings is 1. The van der Waals surface area contributed by atoms with Crippen LogP contribution in [0.5, 0.6) is 0 Å². The summed E-state index contributed by atoms with van der Waals surface area (Å²) >= 11 is 0. The van der Waals surface area contributed by atoms with Gasteiger partial charge >= 0.3 is 0 Å². The predicted octanol–water partition coefficient (Wildman–Crippen LogP) is 3.83. The fraction of sp³-hybridized carbons (Fsp3) is 0.278. The van der Waals surface area contributed by atoms with Crippen LogP contribution in [0, 0.1) is 5.82 Å². The van der Waals surface area contributed by atoms with Crippen molar-refractivity contribution in [3.8, 4) is 0 Å². The van der Waals surface area contributed by atoms with E-state index in [-0.39, 0.29) is 5.82 Å². The van der Waals surface area contributed by atoms with E-state index in [2.05, 4.69) is 33.9 Å². The van der Waals surface area contributed by atoms with E-state index in [9.17, 15) is 4.39 Å². The van der Waals surface area contributed by atoms with Crippen molar-refractivity contribution in [2.24, 2.45) is 0 Å². The maximum absolute atomic E-state index is 13.4. The molecular formula is C18H18FN3. The van der Waals surface area contributed by atoms with Gasteiger partial charge in [-0.2, -0.15) is 0 Å². The molecular weight excluding hydrogens is 277 g/mol. The van der Waals surface area contributed by atoms with Crippen LogP contribution in [-0.2, 0) is 19.4 Å². The van der Waals surface area contributed by atoms with Gasteiger partial charge in [0.05, 0.1) is 0 Å². The Bertz CT molecular complexity index is 837.